The number of rotatable bonds is 22. The van der Waals surface area contributed by atoms with Crippen LogP contribution in [0.5, 0.6) is 5.75 Å². The van der Waals surface area contributed by atoms with E-state index in [-0.39, 0.29) is 0 Å². The van der Waals surface area contributed by atoms with Crippen molar-refractivity contribution in [3.8, 4) is 5.75 Å². The van der Waals surface area contributed by atoms with Crippen molar-refractivity contribution in [2.24, 2.45) is 0 Å². The SMILES string of the molecule is C=CC(=O)OCCCOCCCOCCCOc1ccc(CCCCCCCCC)cc1. The highest BCUT2D eigenvalue weighted by Gasteiger charge is 1.99. The van der Waals surface area contributed by atoms with E-state index in [1.165, 1.54) is 50.5 Å². The van der Waals surface area contributed by atoms with Crippen LogP contribution in [-0.2, 0) is 25.4 Å². The molecule has 0 saturated carbocycles. The maximum absolute atomic E-state index is 10.9. The van der Waals surface area contributed by atoms with Crippen LogP contribution in [0.3, 0.4) is 0 Å². The zero-order valence-corrected chi connectivity index (χ0v) is 20.2. The molecule has 0 aliphatic rings. The van der Waals surface area contributed by atoms with Gasteiger partial charge in [0.15, 0.2) is 0 Å². The van der Waals surface area contributed by atoms with Gasteiger partial charge in [-0.25, -0.2) is 4.79 Å². The van der Waals surface area contributed by atoms with Crippen molar-refractivity contribution in [1.82, 2.24) is 0 Å². The number of carbonyl (C=O) groups is 1. The van der Waals surface area contributed by atoms with Crippen molar-refractivity contribution < 1.29 is 23.7 Å². The number of benzene rings is 1. The van der Waals surface area contributed by atoms with Crippen LogP contribution in [0.4, 0.5) is 0 Å². The summed E-state index contributed by atoms with van der Waals surface area (Å²) in [6, 6.07) is 8.53. The lowest BCUT2D eigenvalue weighted by molar-refractivity contribution is -0.138. The van der Waals surface area contributed by atoms with E-state index in [0.29, 0.717) is 46.1 Å². The smallest absolute Gasteiger partial charge is 0.330 e. The second kappa shape index (κ2) is 21.0. The molecule has 1 rings (SSSR count). The number of hydrogen-bond donors (Lipinski definition) is 0. The summed E-state index contributed by atoms with van der Waals surface area (Å²) < 4.78 is 21.8. The molecule has 0 N–H and O–H groups in total. The molecular weight excluding hydrogens is 404 g/mol. The van der Waals surface area contributed by atoms with Gasteiger partial charge < -0.3 is 18.9 Å². The van der Waals surface area contributed by atoms with Crippen molar-refractivity contribution in [3.63, 3.8) is 0 Å². The van der Waals surface area contributed by atoms with Crippen molar-refractivity contribution in [3.05, 3.63) is 42.5 Å². The largest absolute Gasteiger partial charge is 0.494 e. The third kappa shape index (κ3) is 16.8. The lowest BCUT2D eigenvalue weighted by Gasteiger charge is -2.08. The molecule has 0 radical (unpaired) electrons. The zero-order valence-electron chi connectivity index (χ0n) is 20.2. The van der Waals surface area contributed by atoms with Gasteiger partial charge in [-0.05, 0) is 37.0 Å². The minimum Gasteiger partial charge on any atom is -0.494 e. The molecule has 32 heavy (non-hydrogen) atoms. The molecule has 0 aromatic heterocycles. The van der Waals surface area contributed by atoms with Gasteiger partial charge in [0.05, 0.1) is 13.2 Å². The molecule has 0 bridgehead atoms. The van der Waals surface area contributed by atoms with Crippen molar-refractivity contribution in [2.75, 3.05) is 39.6 Å². The Labute approximate surface area is 195 Å². The van der Waals surface area contributed by atoms with Crippen LogP contribution < -0.4 is 4.74 Å². The quantitative estimate of drug-likeness (QED) is 0.118. The molecular formula is C27H44O5. The Morgan fingerprint density at radius 1 is 0.750 bits per heavy atom. The number of unbranched alkanes of at least 4 members (excludes halogenated alkanes) is 6. The first kappa shape index (κ1) is 28.2. The van der Waals surface area contributed by atoms with E-state index in [0.717, 1.165) is 31.1 Å². The Hall–Kier alpha value is -1.85. The summed E-state index contributed by atoms with van der Waals surface area (Å²) >= 11 is 0. The summed E-state index contributed by atoms with van der Waals surface area (Å²) in [6.07, 6.45) is 14.2. The third-order valence-electron chi connectivity index (χ3n) is 5.12. The number of ether oxygens (including phenoxy) is 4. The Balaban J connectivity index is 1.88. The third-order valence-corrected chi connectivity index (χ3v) is 5.12. The van der Waals surface area contributed by atoms with E-state index in [1.54, 1.807) is 0 Å². The van der Waals surface area contributed by atoms with Gasteiger partial charge in [-0.3, -0.25) is 0 Å². The highest BCUT2D eigenvalue weighted by atomic mass is 16.5. The summed E-state index contributed by atoms with van der Waals surface area (Å²) in [7, 11) is 0. The average Bonchev–Trinajstić information content (AvgIpc) is 2.82. The summed E-state index contributed by atoms with van der Waals surface area (Å²) in [5.41, 5.74) is 1.40. The first-order valence-electron chi connectivity index (χ1n) is 12.4. The van der Waals surface area contributed by atoms with E-state index in [4.69, 9.17) is 18.9 Å². The van der Waals surface area contributed by atoms with Crippen LogP contribution in [0.15, 0.2) is 36.9 Å². The Bertz CT molecular complexity index is 570. The zero-order chi connectivity index (χ0) is 23.1. The minimum atomic E-state index is -0.391. The molecule has 0 aliphatic carbocycles. The van der Waals surface area contributed by atoms with Gasteiger partial charge in [-0.2, -0.15) is 0 Å². The molecule has 0 saturated heterocycles. The molecule has 1 aromatic rings. The van der Waals surface area contributed by atoms with E-state index in [1.807, 2.05) is 0 Å². The van der Waals surface area contributed by atoms with Gasteiger partial charge in [0, 0.05) is 45.3 Å². The Morgan fingerprint density at radius 3 is 1.94 bits per heavy atom. The van der Waals surface area contributed by atoms with Gasteiger partial charge in [-0.1, -0.05) is 64.2 Å². The van der Waals surface area contributed by atoms with Crippen molar-refractivity contribution in [2.45, 2.75) is 77.6 Å². The topological polar surface area (TPSA) is 54.0 Å². The molecule has 0 spiro atoms. The van der Waals surface area contributed by atoms with Gasteiger partial charge in [-0.15, -0.1) is 0 Å². The monoisotopic (exact) mass is 448 g/mol. The van der Waals surface area contributed by atoms with Gasteiger partial charge in [0.25, 0.3) is 0 Å². The van der Waals surface area contributed by atoms with Crippen molar-refractivity contribution in [1.29, 1.82) is 0 Å². The van der Waals surface area contributed by atoms with Gasteiger partial charge in [0.1, 0.15) is 5.75 Å². The number of aryl methyl sites for hydroxylation is 1. The van der Waals surface area contributed by atoms with E-state index in [2.05, 4.69) is 37.8 Å². The van der Waals surface area contributed by atoms with Crippen LogP contribution in [0.1, 0.15) is 76.7 Å². The van der Waals surface area contributed by atoms with Crippen LogP contribution >= 0.6 is 0 Å². The second-order valence-electron chi connectivity index (χ2n) is 8.02. The predicted molar refractivity (Wildman–Crippen MR) is 130 cm³/mol. The lowest BCUT2D eigenvalue weighted by Crippen LogP contribution is -2.08. The fourth-order valence-corrected chi connectivity index (χ4v) is 3.25. The lowest BCUT2D eigenvalue weighted by atomic mass is 10.0. The fraction of sp³-hybridized carbons (Fsp3) is 0.667. The van der Waals surface area contributed by atoms with Crippen LogP contribution in [-0.4, -0.2) is 45.6 Å². The highest BCUT2D eigenvalue weighted by Crippen LogP contribution is 2.15. The Kier molecular flexibility index (Phi) is 18.5. The first-order valence-corrected chi connectivity index (χ1v) is 12.4. The molecule has 0 atom stereocenters. The number of hydrogen-bond acceptors (Lipinski definition) is 5. The van der Waals surface area contributed by atoms with E-state index in [9.17, 15) is 4.79 Å². The fourth-order valence-electron chi connectivity index (χ4n) is 3.25. The first-order chi connectivity index (χ1) is 15.8. The molecule has 0 aliphatic heterocycles. The minimum absolute atomic E-state index is 0.364. The van der Waals surface area contributed by atoms with Gasteiger partial charge >= 0.3 is 5.97 Å². The highest BCUT2D eigenvalue weighted by molar-refractivity contribution is 5.81. The molecule has 0 amide bonds. The van der Waals surface area contributed by atoms with E-state index >= 15 is 0 Å². The van der Waals surface area contributed by atoms with Gasteiger partial charge in [0.2, 0.25) is 0 Å². The average molecular weight is 449 g/mol. The molecule has 0 unspecified atom stereocenters. The summed E-state index contributed by atoms with van der Waals surface area (Å²) in [5, 5.41) is 0. The van der Waals surface area contributed by atoms with Crippen molar-refractivity contribution >= 4 is 5.97 Å². The molecule has 182 valence electrons. The summed E-state index contributed by atoms with van der Waals surface area (Å²) in [5.74, 6) is 0.540. The maximum atomic E-state index is 10.9. The summed E-state index contributed by atoms with van der Waals surface area (Å²) in [6.45, 7) is 9.23. The number of esters is 1. The molecule has 5 heteroatoms. The maximum Gasteiger partial charge on any atom is 0.330 e. The number of carbonyl (C=O) groups excluding carboxylic acids is 1. The molecule has 0 fully saturated rings. The van der Waals surface area contributed by atoms with Crippen LogP contribution in [0.2, 0.25) is 0 Å². The van der Waals surface area contributed by atoms with Crippen LogP contribution in [0.25, 0.3) is 0 Å². The Morgan fingerprint density at radius 2 is 1.31 bits per heavy atom. The molecule has 5 nitrogen and oxygen atoms in total. The normalized spacial score (nSPS) is 10.8. The van der Waals surface area contributed by atoms with Crippen LogP contribution in [0, 0.1) is 0 Å². The second-order valence-corrected chi connectivity index (χ2v) is 8.02. The predicted octanol–water partition coefficient (Wildman–Crippen LogP) is 6.29. The molecule has 1 aromatic carbocycles. The summed E-state index contributed by atoms with van der Waals surface area (Å²) in [4.78, 5) is 10.9. The molecule has 0 heterocycles. The standard InChI is InChI=1S/C27H44O5/c1-3-5-6-7-8-9-10-14-25-15-17-26(18-16-25)31-23-12-21-29-19-11-20-30-22-13-24-32-27(28)4-2/h4,15-18H,2-3,5-14,19-24H2,1H3. The van der Waals surface area contributed by atoms with E-state index < -0.39 is 5.97 Å².